The second kappa shape index (κ2) is 28.3. The number of ether oxygens (including phenoxy) is 12. The molecule has 0 aliphatic rings. The molecule has 0 N–H and O–H groups in total. The van der Waals surface area contributed by atoms with E-state index in [2.05, 4.69) is 18.9 Å². The fourth-order valence-corrected chi connectivity index (χ4v) is 4.34. The SMILES string of the molecule is COc1cc(C(CN(CC(=O)OCOC(C)=O)CC(=O)OCOC(C)=O)OCCOCCN(CC(=O)OCOC(C)=O)CC(=O)OCOC(C)=O)c([N+](=O)[O-])cc1OC. The summed E-state index contributed by atoms with van der Waals surface area (Å²) in [5.74, 6) is -6.57. The maximum absolute atomic E-state index is 12.7. The highest BCUT2D eigenvalue weighted by Crippen LogP contribution is 2.38. The van der Waals surface area contributed by atoms with Gasteiger partial charge in [0.25, 0.3) is 5.69 Å². The minimum atomic E-state index is -1.32. The highest BCUT2D eigenvalue weighted by atomic mass is 16.7. The largest absolute Gasteiger partial charge is 0.493 e. The van der Waals surface area contributed by atoms with E-state index in [1.807, 2.05) is 0 Å². The van der Waals surface area contributed by atoms with Gasteiger partial charge < -0.3 is 56.8 Å². The van der Waals surface area contributed by atoms with Gasteiger partial charge in [0.2, 0.25) is 27.2 Å². The molecular formula is C34H47N3O22. The predicted molar refractivity (Wildman–Crippen MR) is 189 cm³/mol. The van der Waals surface area contributed by atoms with Crippen molar-refractivity contribution in [3.8, 4) is 11.5 Å². The Morgan fingerprint density at radius 2 is 0.966 bits per heavy atom. The molecule has 0 heterocycles. The van der Waals surface area contributed by atoms with Crippen LogP contribution < -0.4 is 9.47 Å². The van der Waals surface area contributed by atoms with Crippen LogP contribution in [0.15, 0.2) is 12.1 Å². The Morgan fingerprint density at radius 1 is 0.576 bits per heavy atom. The van der Waals surface area contributed by atoms with Crippen LogP contribution in [0.1, 0.15) is 39.4 Å². The molecule has 0 aliphatic heterocycles. The van der Waals surface area contributed by atoms with E-state index in [-0.39, 0.29) is 43.4 Å². The summed E-state index contributed by atoms with van der Waals surface area (Å²) in [4.78, 5) is 108. The van der Waals surface area contributed by atoms with E-state index in [1.165, 1.54) is 25.2 Å². The van der Waals surface area contributed by atoms with Crippen molar-refractivity contribution in [1.29, 1.82) is 0 Å². The van der Waals surface area contributed by atoms with Gasteiger partial charge in [-0.05, 0) is 6.07 Å². The zero-order chi connectivity index (χ0) is 44.3. The van der Waals surface area contributed by atoms with Gasteiger partial charge in [-0.25, -0.2) is 0 Å². The lowest BCUT2D eigenvalue weighted by Crippen LogP contribution is -2.40. The molecule has 25 nitrogen and oxygen atoms in total. The highest BCUT2D eigenvalue weighted by molar-refractivity contribution is 5.76. The van der Waals surface area contributed by atoms with Crippen molar-refractivity contribution in [2.75, 3.05) is 100 Å². The third-order valence-electron chi connectivity index (χ3n) is 6.94. The second-order valence-corrected chi connectivity index (χ2v) is 11.5. The van der Waals surface area contributed by atoms with Gasteiger partial charge in [-0.1, -0.05) is 0 Å². The molecular weight excluding hydrogens is 802 g/mol. The van der Waals surface area contributed by atoms with Crippen LogP contribution in [-0.2, 0) is 85.7 Å². The summed E-state index contributed by atoms with van der Waals surface area (Å²) >= 11 is 0. The van der Waals surface area contributed by atoms with Crippen LogP contribution in [-0.4, -0.2) is 163 Å². The highest BCUT2D eigenvalue weighted by Gasteiger charge is 2.30. The first-order chi connectivity index (χ1) is 27.9. The first-order valence-electron chi connectivity index (χ1n) is 17.2. The van der Waals surface area contributed by atoms with Crippen molar-refractivity contribution in [2.45, 2.75) is 33.8 Å². The lowest BCUT2D eigenvalue weighted by Gasteiger charge is -2.27. The standard InChI is InChI=1S/C34H47N3O22/c1-22(38)52-18-56-31(42)14-35(15-32(43)57-19-53-23(2)39)7-8-50-9-10-51-30(26-11-28(48-5)29(49-6)12-27(26)37(46)47)13-36(16-33(44)58-20-54-24(3)40)17-34(45)59-21-55-25(4)41/h11-12,30H,7-10,13-21H2,1-6H3. The quantitative estimate of drug-likeness (QED) is 0.0246. The molecule has 0 bridgehead atoms. The van der Waals surface area contributed by atoms with Crippen LogP contribution in [0.2, 0.25) is 0 Å². The summed E-state index contributed by atoms with van der Waals surface area (Å²) in [6.07, 6.45) is -1.32. The van der Waals surface area contributed by atoms with Crippen LogP contribution >= 0.6 is 0 Å². The van der Waals surface area contributed by atoms with Crippen molar-refractivity contribution >= 4 is 53.4 Å². The number of carbonyl (C=O) groups excluding carboxylic acids is 8. The molecule has 0 saturated carbocycles. The van der Waals surface area contributed by atoms with E-state index in [9.17, 15) is 48.5 Å². The Balaban J connectivity index is 3.26. The molecule has 1 aromatic rings. The topological polar surface area (TPSA) is 297 Å². The molecule has 0 spiro atoms. The summed E-state index contributed by atoms with van der Waals surface area (Å²) in [5.41, 5.74) is -0.592. The number of hydrogen-bond acceptors (Lipinski definition) is 24. The second-order valence-electron chi connectivity index (χ2n) is 11.5. The summed E-state index contributed by atoms with van der Waals surface area (Å²) in [7, 11) is 2.54. The lowest BCUT2D eigenvalue weighted by molar-refractivity contribution is -0.386. The van der Waals surface area contributed by atoms with Crippen molar-refractivity contribution in [1.82, 2.24) is 9.80 Å². The Hall–Kier alpha value is -6.18. The van der Waals surface area contributed by atoms with Gasteiger partial charge >= 0.3 is 47.8 Å². The van der Waals surface area contributed by atoms with Crippen LogP contribution in [0, 0.1) is 10.1 Å². The van der Waals surface area contributed by atoms with E-state index in [0.717, 1.165) is 38.7 Å². The summed E-state index contributed by atoms with van der Waals surface area (Å²) in [6.45, 7) is -1.93. The Kier molecular flexibility index (Phi) is 24.3. The summed E-state index contributed by atoms with van der Waals surface area (Å²) < 4.78 is 60.0. The molecule has 1 unspecified atom stereocenters. The first-order valence-corrected chi connectivity index (χ1v) is 17.2. The number of nitro groups is 1. The van der Waals surface area contributed by atoms with Gasteiger partial charge in [-0.15, -0.1) is 0 Å². The van der Waals surface area contributed by atoms with Crippen molar-refractivity contribution in [2.24, 2.45) is 0 Å². The molecule has 0 fully saturated rings. The zero-order valence-electron chi connectivity index (χ0n) is 33.2. The molecule has 0 radical (unpaired) electrons. The molecule has 1 rings (SSSR count). The number of benzene rings is 1. The van der Waals surface area contributed by atoms with E-state index in [1.54, 1.807) is 0 Å². The average molecular weight is 850 g/mol. The summed E-state index contributed by atoms with van der Waals surface area (Å²) in [5, 5.41) is 12.3. The molecule has 0 amide bonds. The van der Waals surface area contributed by atoms with Gasteiger partial charge in [0.1, 0.15) is 6.10 Å². The van der Waals surface area contributed by atoms with Gasteiger partial charge in [0.05, 0.1) is 76.8 Å². The average Bonchev–Trinajstić information content (AvgIpc) is 3.14. The zero-order valence-corrected chi connectivity index (χ0v) is 33.2. The molecule has 0 saturated heterocycles. The fourth-order valence-electron chi connectivity index (χ4n) is 4.34. The smallest absolute Gasteiger partial charge is 0.323 e. The van der Waals surface area contributed by atoms with Crippen LogP contribution in [0.4, 0.5) is 5.69 Å². The van der Waals surface area contributed by atoms with Gasteiger partial charge in [0, 0.05) is 40.8 Å². The van der Waals surface area contributed by atoms with E-state index in [0.29, 0.717) is 0 Å². The third-order valence-corrected chi connectivity index (χ3v) is 6.94. The monoisotopic (exact) mass is 849 g/mol. The summed E-state index contributed by atoms with van der Waals surface area (Å²) in [6, 6.07) is 2.34. The van der Waals surface area contributed by atoms with Crippen molar-refractivity contribution in [3.63, 3.8) is 0 Å². The lowest BCUT2D eigenvalue weighted by atomic mass is 10.0. The van der Waals surface area contributed by atoms with Gasteiger partial charge in [0.15, 0.2) is 11.5 Å². The molecule has 330 valence electrons. The van der Waals surface area contributed by atoms with Gasteiger partial charge in [-0.2, -0.15) is 0 Å². The van der Waals surface area contributed by atoms with Crippen LogP contribution in [0.5, 0.6) is 11.5 Å². The minimum Gasteiger partial charge on any atom is -0.493 e. The molecule has 1 atom stereocenters. The van der Waals surface area contributed by atoms with Crippen LogP contribution in [0.25, 0.3) is 0 Å². The maximum atomic E-state index is 12.7. The number of esters is 8. The molecule has 1 aromatic carbocycles. The predicted octanol–water partition coefficient (Wildman–Crippen LogP) is -0.454. The fraction of sp³-hybridized carbons (Fsp3) is 0.588. The Morgan fingerprint density at radius 3 is 1.34 bits per heavy atom. The molecule has 25 heteroatoms. The maximum Gasteiger partial charge on any atom is 0.323 e. The number of rotatable bonds is 29. The van der Waals surface area contributed by atoms with Crippen molar-refractivity contribution in [3.05, 3.63) is 27.8 Å². The van der Waals surface area contributed by atoms with Gasteiger partial charge in [-0.3, -0.25) is 58.3 Å². The first kappa shape index (κ1) is 50.8. The van der Waals surface area contributed by atoms with Crippen LogP contribution in [0.3, 0.4) is 0 Å². The number of nitrogens with zero attached hydrogens (tertiary/aromatic N) is 3. The third kappa shape index (κ3) is 23.0. The number of hydrogen-bond donors (Lipinski definition) is 0. The molecule has 0 aromatic heterocycles. The minimum absolute atomic E-state index is 0.0000570. The normalized spacial score (nSPS) is 11.1. The van der Waals surface area contributed by atoms with Crippen molar-refractivity contribution < 1.29 is 100 Å². The van der Waals surface area contributed by atoms with E-state index in [4.69, 9.17) is 37.9 Å². The number of nitro benzene ring substituents is 1. The Bertz CT molecular complexity index is 1530. The van der Waals surface area contributed by atoms with E-state index < -0.39 is 124 Å². The Labute approximate surface area is 336 Å². The van der Waals surface area contributed by atoms with E-state index >= 15 is 0 Å². The number of methoxy groups -OCH3 is 2. The molecule has 59 heavy (non-hydrogen) atoms. The molecule has 0 aliphatic carbocycles. The number of carbonyl (C=O) groups is 8.